The van der Waals surface area contributed by atoms with Crippen LogP contribution in [0.2, 0.25) is 0 Å². The van der Waals surface area contributed by atoms with Gasteiger partial charge >= 0.3 is 0 Å². The van der Waals surface area contributed by atoms with Gasteiger partial charge in [0.2, 0.25) is 0 Å². The summed E-state index contributed by atoms with van der Waals surface area (Å²) < 4.78 is 25.9. The van der Waals surface area contributed by atoms with Gasteiger partial charge in [0, 0.05) is 37.8 Å². The van der Waals surface area contributed by atoms with Gasteiger partial charge in [-0.3, -0.25) is 9.78 Å². The first kappa shape index (κ1) is 12.0. The molecule has 2 heterocycles. The molecular formula is C12H14F2N2O. The Morgan fingerprint density at radius 3 is 2.53 bits per heavy atom. The molecule has 1 aromatic rings. The Morgan fingerprint density at radius 2 is 2.00 bits per heavy atom. The molecular weight excluding hydrogens is 226 g/mol. The van der Waals surface area contributed by atoms with Crippen molar-refractivity contribution in [3.8, 4) is 0 Å². The van der Waals surface area contributed by atoms with Crippen LogP contribution in [-0.4, -0.2) is 34.8 Å². The third-order valence-electron chi connectivity index (χ3n) is 2.94. The van der Waals surface area contributed by atoms with E-state index in [0.717, 1.165) is 5.69 Å². The summed E-state index contributed by atoms with van der Waals surface area (Å²) in [6, 6.07) is 3.42. The van der Waals surface area contributed by atoms with E-state index >= 15 is 0 Å². The second kappa shape index (κ2) is 4.39. The molecule has 0 spiro atoms. The molecule has 1 saturated heterocycles. The monoisotopic (exact) mass is 240 g/mol. The van der Waals surface area contributed by atoms with Crippen molar-refractivity contribution in [1.82, 2.24) is 9.88 Å². The molecule has 1 amide bonds. The topological polar surface area (TPSA) is 33.2 Å². The minimum atomic E-state index is -2.62. The Bertz CT molecular complexity index is 407. The summed E-state index contributed by atoms with van der Waals surface area (Å²) in [5, 5.41) is 0. The molecule has 17 heavy (non-hydrogen) atoms. The number of rotatable bonds is 1. The number of carbonyl (C=O) groups excluding carboxylic acids is 1. The van der Waals surface area contributed by atoms with Crippen LogP contribution in [0.15, 0.2) is 18.3 Å². The number of hydrogen-bond acceptors (Lipinski definition) is 2. The summed E-state index contributed by atoms with van der Waals surface area (Å²) >= 11 is 0. The maximum absolute atomic E-state index is 12.9. The molecule has 0 bridgehead atoms. The molecule has 3 nitrogen and oxygen atoms in total. The van der Waals surface area contributed by atoms with Crippen molar-refractivity contribution in [3.05, 3.63) is 29.6 Å². The summed E-state index contributed by atoms with van der Waals surface area (Å²) in [7, 11) is 0. The van der Waals surface area contributed by atoms with E-state index in [-0.39, 0.29) is 31.8 Å². The molecule has 1 aliphatic heterocycles. The van der Waals surface area contributed by atoms with Crippen LogP contribution in [0.3, 0.4) is 0 Å². The van der Waals surface area contributed by atoms with E-state index in [9.17, 15) is 13.6 Å². The number of piperidine rings is 1. The van der Waals surface area contributed by atoms with Crippen molar-refractivity contribution in [2.24, 2.45) is 0 Å². The molecule has 0 aromatic carbocycles. The molecule has 1 aromatic heterocycles. The van der Waals surface area contributed by atoms with Crippen LogP contribution in [-0.2, 0) is 0 Å². The fourth-order valence-electron chi connectivity index (χ4n) is 1.81. The number of aromatic nitrogens is 1. The lowest BCUT2D eigenvalue weighted by atomic mass is 10.1. The number of alkyl halides is 2. The number of halogens is 2. The van der Waals surface area contributed by atoms with E-state index in [0.29, 0.717) is 5.56 Å². The average molecular weight is 240 g/mol. The lowest BCUT2D eigenvalue weighted by Crippen LogP contribution is -2.42. The Hall–Kier alpha value is -1.52. The van der Waals surface area contributed by atoms with Gasteiger partial charge in [0.15, 0.2) is 0 Å². The van der Waals surface area contributed by atoms with E-state index in [1.807, 2.05) is 6.92 Å². The molecule has 1 aliphatic rings. The van der Waals surface area contributed by atoms with Gasteiger partial charge in [0.05, 0.1) is 5.56 Å². The molecule has 0 aliphatic carbocycles. The average Bonchev–Trinajstić information content (AvgIpc) is 2.29. The zero-order valence-corrected chi connectivity index (χ0v) is 9.62. The molecule has 92 valence electrons. The molecule has 0 unspecified atom stereocenters. The van der Waals surface area contributed by atoms with Crippen molar-refractivity contribution in [1.29, 1.82) is 0 Å². The summed E-state index contributed by atoms with van der Waals surface area (Å²) in [6.07, 6.45) is 0.987. The molecule has 0 N–H and O–H groups in total. The van der Waals surface area contributed by atoms with Gasteiger partial charge in [0.25, 0.3) is 11.8 Å². The highest BCUT2D eigenvalue weighted by molar-refractivity contribution is 5.94. The first-order valence-electron chi connectivity index (χ1n) is 5.58. The zero-order valence-electron chi connectivity index (χ0n) is 9.62. The molecule has 2 rings (SSSR count). The van der Waals surface area contributed by atoms with E-state index in [2.05, 4.69) is 4.98 Å². The predicted octanol–water partition coefficient (Wildman–Crippen LogP) is 2.26. The van der Waals surface area contributed by atoms with Gasteiger partial charge in [-0.05, 0) is 19.1 Å². The highest BCUT2D eigenvalue weighted by Crippen LogP contribution is 2.28. The number of amides is 1. The summed E-state index contributed by atoms with van der Waals surface area (Å²) in [6.45, 7) is 2.05. The van der Waals surface area contributed by atoms with Crippen molar-refractivity contribution < 1.29 is 13.6 Å². The quantitative estimate of drug-likeness (QED) is 0.754. The molecule has 1 fully saturated rings. The lowest BCUT2D eigenvalue weighted by molar-refractivity contribution is -0.0494. The fourth-order valence-corrected chi connectivity index (χ4v) is 1.81. The smallest absolute Gasteiger partial charge is 0.255 e. The van der Waals surface area contributed by atoms with E-state index in [4.69, 9.17) is 0 Å². The van der Waals surface area contributed by atoms with E-state index in [1.54, 1.807) is 12.1 Å². The van der Waals surface area contributed by atoms with Crippen molar-refractivity contribution in [3.63, 3.8) is 0 Å². The van der Waals surface area contributed by atoms with Crippen molar-refractivity contribution in [2.45, 2.75) is 25.7 Å². The summed E-state index contributed by atoms with van der Waals surface area (Å²) in [5.41, 5.74) is 1.28. The van der Waals surface area contributed by atoms with Crippen LogP contribution in [0.5, 0.6) is 0 Å². The van der Waals surface area contributed by atoms with Gasteiger partial charge < -0.3 is 4.90 Å². The Morgan fingerprint density at radius 1 is 1.35 bits per heavy atom. The SMILES string of the molecule is Cc1ccc(C(=O)N2CCC(F)(F)CC2)cn1. The van der Waals surface area contributed by atoms with E-state index < -0.39 is 5.92 Å². The Balaban J connectivity index is 2.04. The fraction of sp³-hybridized carbons (Fsp3) is 0.500. The standard InChI is InChI=1S/C12H14F2N2O/c1-9-2-3-10(8-15-9)11(17)16-6-4-12(13,14)5-7-16/h2-3,8H,4-7H2,1H3. The highest BCUT2D eigenvalue weighted by atomic mass is 19.3. The van der Waals surface area contributed by atoms with Crippen molar-refractivity contribution >= 4 is 5.91 Å². The predicted molar refractivity (Wildman–Crippen MR) is 59.1 cm³/mol. The van der Waals surface area contributed by atoms with Crippen LogP contribution in [0.4, 0.5) is 8.78 Å². The van der Waals surface area contributed by atoms with Crippen LogP contribution in [0.1, 0.15) is 28.9 Å². The largest absolute Gasteiger partial charge is 0.338 e. The molecule has 5 heteroatoms. The Kier molecular flexibility index (Phi) is 3.09. The third kappa shape index (κ3) is 2.78. The molecule has 0 atom stereocenters. The third-order valence-corrected chi connectivity index (χ3v) is 2.94. The van der Waals surface area contributed by atoms with Gasteiger partial charge in [0.1, 0.15) is 0 Å². The summed E-state index contributed by atoms with van der Waals surface area (Å²) in [4.78, 5) is 17.5. The number of pyridine rings is 1. The van der Waals surface area contributed by atoms with Crippen molar-refractivity contribution in [2.75, 3.05) is 13.1 Å². The van der Waals surface area contributed by atoms with Crippen LogP contribution < -0.4 is 0 Å². The van der Waals surface area contributed by atoms with Gasteiger partial charge in [-0.2, -0.15) is 0 Å². The second-order valence-corrected chi connectivity index (χ2v) is 4.34. The number of likely N-dealkylation sites (tertiary alicyclic amines) is 1. The van der Waals surface area contributed by atoms with Crippen LogP contribution in [0, 0.1) is 6.92 Å². The number of nitrogens with zero attached hydrogens (tertiary/aromatic N) is 2. The normalized spacial score (nSPS) is 19.1. The van der Waals surface area contributed by atoms with Gasteiger partial charge in [-0.25, -0.2) is 8.78 Å². The maximum atomic E-state index is 12.9. The zero-order chi connectivity index (χ0) is 12.5. The molecule has 0 saturated carbocycles. The molecule has 0 radical (unpaired) electrons. The van der Waals surface area contributed by atoms with Crippen LogP contribution >= 0.6 is 0 Å². The number of hydrogen-bond donors (Lipinski definition) is 0. The lowest BCUT2D eigenvalue weighted by Gasteiger charge is -2.31. The maximum Gasteiger partial charge on any atom is 0.255 e. The first-order chi connectivity index (χ1) is 7.98. The van der Waals surface area contributed by atoms with Crippen LogP contribution in [0.25, 0.3) is 0 Å². The Labute approximate surface area is 98.5 Å². The number of carbonyl (C=O) groups is 1. The second-order valence-electron chi connectivity index (χ2n) is 4.34. The minimum Gasteiger partial charge on any atom is -0.338 e. The van der Waals surface area contributed by atoms with E-state index in [1.165, 1.54) is 11.1 Å². The number of aryl methyl sites for hydroxylation is 1. The highest BCUT2D eigenvalue weighted by Gasteiger charge is 2.35. The minimum absolute atomic E-state index is 0.111. The van der Waals surface area contributed by atoms with Gasteiger partial charge in [-0.1, -0.05) is 0 Å². The summed E-state index contributed by atoms with van der Waals surface area (Å²) in [5.74, 6) is -2.84. The first-order valence-corrected chi connectivity index (χ1v) is 5.58. The van der Waals surface area contributed by atoms with Gasteiger partial charge in [-0.15, -0.1) is 0 Å².